The number of fused-ring (bicyclic) bond motifs is 1. The van der Waals surface area contributed by atoms with Gasteiger partial charge in [0.2, 0.25) is 11.8 Å². The van der Waals surface area contributed by atoms with Crippen molar-refractivity contribution in [3.05, 3.63) is 36.7 Å². The summed E-state index contributed by atoms with van der Waals surface area (Å²) in [5.41, 5.74) is 1.73. The maximum Gasteiger partial charge on any atom is 0.246 e. The van der Waals surface area contributed by atoms with E-state index in [1.165, 1.54) is 4.68 Å². The quantitative estimate of drug-likeness (QED) is 0.663. The van der Waals surface area contributed by atoms with E-state index in [1.54, 1.807) is 6.20 Å². The lowest BCUT2D eigenvalue weighted by atomic mass is 9.85. The van der Waals surface area contributed by atoms with Crippen molar-refractivity contribution in [1.82, 2.24) is 20.0 Å². The lowest BCUT2D eigenvalue weighted by Gasteiger charge is -2.23. The van der Waals surface area contributed by atoms with E-state index in [0.717, 1.165) is 35.9 Å². The molecule has 0 saturated heterocycles. The van der Waals surface area contributed by atoms with Gasteiger partial charge in [0, 0.05) is 28.7 Å². The van der Waals surface area contributed by atoms with Gasteiger partial charge in [-0.05, 0) is 37.1 Å². The molecular formula is C17H18N6O2. The Labute approximate surface area is 143 Å². The van der Waals surface area contributed by atoms with E-state index in [4.69, 9.17) is 0 Å². The number of H-pyrrole nitrogens is 1. The normalized spacial score (nSPS) is 14.2. The summed E-state index contributed by atoms with van der Waals surface area (Å²) in [7, 11) is 0. The topological polar surface area (TPSA) is 105 Å². The summed E-state index contributed by atoms with van der Waals surface area (Å²) < 4.78 is 1.40. The Morgan fingerprint density at radius 3 is 2.92 bits per heavy atom. The average Bonchev–Trinajstić information content (AvgIpc) is 3.14. The Balaban J connectivity index is 1.35. The Hall–Kier alpha value is -3.16. The fourth-order valence-corrected chi connectivity index (χ4v) is 2.81. The monoisotopic (exact) mass is 338 g/mol. The number of benzene rings is 1. The van der Waals surface area contributed by atoms with Gasteiger partial charge in [0.25, 0.3) is 0 Å². The second kappa shape index (κ2) is 6.39. The zero-order chi connectivity index (χ0) is 17.2. The van der Waals surface area contributed by atoms with Crippen LogP contribution in [0.1, 0.15) is 19.3 Å². The predicted octanol–water partition coefficient (Wildman–Crippen LogP) is 2.14. The van der Waals surface area contributed by atoms with Crippen molar-refractivity contribution >= 4 is 34.2 Å². The number of amides is 2. The number of aromatic nitrogens is 4. The highest BCUT2D eigenvalue weighted by atomic mass is 16.2. The molecular weight excluding hydrogens is 320 g/mol. The van der Waals surface area contributed by atoms with Gasteiger partial charge >= 0.3 is 0 Å². The van der Waals surface area contributed by atoms with Crippen molar-refractivity contribution < 1.29 is 9.59 Å². The second-order valence-electron chi connectivity index (χ2n) is 6.25. The van der Waals surface area contributed by atoms with Crippen LogP contribution in [-0.2, 0) is 16.1 Å². The van der Waals surface area contributed by atoms with Crippen LogP contribution in [0.5, 0.6) is 0 Å². The molecule has 0 bridgehead atoms. The van der Waals surface area contributed by atoms with Gasteiger partial charge in [-0.2, -0.15) is 0 Å². The van der Waals surface area contributed by atoms with Crippen molar-refractivity contribution in [3.63, 3.8) is 0 Å². The Morgan fingerprint density at radius 1 is 1.24 bits per heavy atom. The van der Waals surface area contributed by atoms with E-state index in [1.807, 2.05) is 30.5 Å². The van der Waals surface area contributed by atoms with Crippen molar-refractivity contribution in [3.8, 4) is 0 Å². The molecule has 2 amide bonds. The highest BCUT2D eigenvalue weighted by molar-refractivity contribution is 5.94. The van der Waals surface area contributed by atoms with E-state index in [9.17, 15) is 9.59 Å². The SMILES string of the molecule is O=C(Cn1cc(NC(=O)C2CCC2)nn1)Nc1ccc2[nH]ccc2c1. The van der Waals surface area contributed by atoms with E-state index < -0.39 is 0 Å². The van der Waals surface area contributed by atoms with Crippen LogP contribution < -0.4 is 10.6 Å². The fourth-order valence-electron chi connectivity index (χ4n) is 2.81. The highest BCUT2D eigenvalue weighted by Gasteiger charge is 2.25. The molecule has 8 nitrogen and oxygen atoms in total. The van der Waals surface area contributed by atoms with E-state index >= 15 is 0 Å². The average molecular weight is 338 g/mol. The van der Waals surface area contributed by atoms with Crippen LogP contribution in [0.4, 0.5) is 11.5 Å². The minimum Gasteiger partial charge on any atom is -0.361 e. The third-order valence-corrected chi connectivity index (χ3v) is 4.41. The molecule has 0 atom stereocenters. The molecule has 0 spiro atoms. The maximum absolute atomic E-state index is 12.2. The molecule has 0 radical (unpaired) electrons. The summed E-state index contributed by atoms with van der Waals surface area (Å²) in [6.45, 7) is 0.0253. The zero-order valence-electron chi connectivity index (χ0n) is 13.5. The molecule has 3 aromatic rings. The van der Waals surface area contributed by atoms with E-state index in [0.29, 0.717) is 5.82 Å². The molecule has 1 fully saturated rings. The molecule has 4 rings (SSSR count). The van der Waals surface area contributed by atoms with Crippen LogP contribution in [0, 0.1) is 5.92 Å². The molecule has 128 valence electrons. The van der Waals surface area contributed by atoms with Crippen molar-refractivity contribution in [2.45, 2.75) is 25.8 Å². The second-order valence-corrected chi connectivity index (χ2v) is 6.25. The van der Waals surface area contributed by atoms with Gasteiger partial charge in [-0.3, -0.25) is 9.59 Å². The first-order valence-corrected chi connectivity index (χ1v) is 8.25. The molecule has 1 saturated carbocycles. The summed E-state index contributed by atoms with van der Waals surface area (Å²) in [6, 6.07) is 7.59. The molecule has 1 aliphatic rings. The Kier molecular flexibility index (Phi) is 3.93. The first kappa shape index (κ1) is 15.4. The summed E-state index contributed by atoms with van der Waals surface area (Å²) >= 11 is 0. The van der Waals surface area contributed by atoms with Gasteiger partial charge in [0.1, 0.15) is 6.54 Å². The third kappa shape index (κ3) is 3.37. The van der Waals surface area contributed by atoms with E-state index in [2.05, 4.69) is 25.9 Å². The lowest BCUT2D eigenvalue weighted by molar-refractivity contribution is -0.122. The number of nitrogens with zero attached hydrogens (tertiary/aromatic N) is 3. The molecule has 0 aliphatic heterocycles. The summed E-state index contributed by atoms with van der Waals surface area (Å²) in [4.78, 5) is 27.1. The number of anilines is 2. The molecule has 3 N–H and O–H groups in total. The summed E-state index contributed by atoms with van der Waals surface area (Å²) in [6.07, 6.45) is 6.36. The van der Waals surface area contributed by atoms with Crippen LogP contribution >= 0.6 is 0 Å². The number of aromatic amines is 1. The first-order chi connectivity index (χ1) is 12.2. The van der Waals surface area contributed by atoms with Crippen LogP contribution in [0.25, 0.3) is 10.9 Å². The van der Waals surface area contributed by atoms with Crippen molar-refractivity contribution in [2.24, 2.45) is 5.92 Å². The number of carbonyl (C=O) groups excluding carboxylic acids is 2. The third-order valence-electron chi connectivity index (χ3n) is 4.41. The molecule has 25 heavy (non-hydrogen) atoms. The predicted molar refractivity (Wildman–Crippen MR) is 92.9 cm³/mol. The standard InChI is InChI=1S/C17H18N6O2/c24-16(19-13-4-5-14-12(8-13)6-7-18-14)10-23-9-15(21-22-23)20-17(25)11-2-1-3-11/h4-9,11,18H,1-3,10H2,(H,19,24)(H,20,25). The number of rotatable bonds is 5. The van der Waals surface area contributed by atoms with Crippen molar-refractivity contribution in [1.29, 1.82) is 0 Å². The van der Waals surface area contributed by atoms with Gasteiger partial charge in [-0.1, -0.05) is 11.6 Å². The Morgan fingerprint density at radius 2 is 2.12 bits per heavy atom. The Bertz CT molecular complexity index is 924. The van der Waals surface area contributed by atoms with E-state index in [-0.39, 0.29) is 24.3 Å². The molecule has 2 heterocycles. The fraction of sp³-hybridized carbons (Fsp3) is 0.294. The van der Waals surface area contributed by atoms with Crippen LogP contribution in [0.3, 0.4) is 0 Å². The largest absolute Gasteiger partial charge is 0.361 e. The van der Waals surface area contributed by atoms with Gasteiger partial charge in [-0.15, -0.1) is 5.10 Å². The molecule has 8 heteroatoms. The van der Waals surface area contributed by atoms with Gasteiger partial charge in [0.05, 0.1) is 6.20 Å². The number of carbonyl (C=O) groups is 2. The number of nitrogens with one attached hydrogen (secondary N) is 3. The maximum atomic E-state index is 12.2. The summed E-state index contributed by atoms with van der Waals surface area (Å²) in [5.74, 6) is 0.217. The lowest BCUT2D eigenvalue weighted by Crippen LogP contribution is -2.28. The summed E-state index contributed by atoms with van der Waals surface area (Å²) in [5, 5.41) is 14.4. The smallest absolute Gasteiger partial charge is 0.246 e. The minimum absolute atomic E-state index is 0.0253. The van der Waals surface area contributed by atoms with Crippen LogP contribution in [0.15, 0.2) is 36.7 Å². The number of hydrogen-bond donors (Lipinski definition) is 3. The van der Waals surface area contributed by atoms with Gasteiger partial charge < -0.3 is 15.6 Å². The zero-order valence-corrected chi connectivity index (χ0v) is 13.5. The minimum atomic E-state index is -0.211. The highest BCUT2D eigenvalue weighted by Crippen LogP contribution is 2.27. The van der Waals surface area contributed by atoms with Crippen LogP contribution in [-0.4, -0.2) is 31.8 Å². The molecule has 1 aromatic carbocycles. The van der Waals surface area contributed by atoms with Crippen LogP contribution in [0.2, 0.25) is 0 Å². The molecule has 2 aromatic heterocycles. The van der Waals surface area contributed by atoms with Crippen molar-refractivity contribution in [2.75, 3.05) is 10.6 Å². The molecule has 1 aliphatic carbocycles. The first-order valence-electron chi connectivity index (χ1n) is 8.25. The number of hydrogen-bond acceptors (Lipinski definition) is 4. The van der Waals surface area contributed by atoms with Gasteiger partial charge in [0.15, 0.2) is 5.82 Å². The molecule has 0 unspecified atom stereocenters. The van der Waals surface area contributed by atoms with Gasteiger partial charge in [-0.25, -0.2) is 4.68 Å².